The van der Waals surface area contributed by atoms with Gasteiger partial charge in [0.2, 0.25) is 5.91 Å². The van der Waals surface area contributed by atoms with E-state index in [4.69, 9.17) is 4.74 Å². The Morgan fingerprint density at radius 3 is 2.80 bits per heavy atom. The highest BCUT2D eigenvalue weighted by Gasteiger charge is 2.27. The van der Waals surface area contributed by atoms with Crippen LogP contribution in [-0.4, -0.2) is 36.1 Å². The topological polar surface area (TPSA) is 58.6 Å². The molecule has 15 heavy (non-hydrogen) atoms. The number of esters is 1. The second-order valence-electron chi connectivity index (χ2n) is 3.47. The van der Waals surface area contributed by atoms with Crippen molar-refractivity contribution in [2.75, 3.05) is 13.2 Å². The van der Waals surface area contributed by atoms with E-state index in [1.807, 2.05) is 0 Å². The lowest BCUT2D eigenvalue weighted by molar-refractivity contribution is -0.151. The second kappa shape index (κ2) is 5.70. The summed E-state index contributed by atoms with van der Waals surface area (Å²) in [6.07, 6.45) is 2.01. The zero-order valence-corrected chi connectivity index (χ0v) is 9.28. The first-order chi connectivity index (χ1) is 7.19. The van der Waals surface area contributed by atoms with Crippen molar-refractivity contribution in [3.8, 4) is 0 Å². The maximum absolute atomic E-state index is 11.4. The smallest absolute Gasteiger partial charge is 0.324 e. The zero-order valence-electron chi connectivity index (χ0n) is 9.28. The number of carbonyl (C=O) groups is 2. The third-order valence-electron chi connectivity index (χ3n) is 2.36. The van der Waals surface area contributed by atoms with Gasteiger partial charge in [-0.05, 0) is 19.8 Å². The minimum atomic E-state index is -0.366. The van der Waals surface area contributed by atoms with Gasteiger partial charge in [-0.25, -0.2) is 5.43 Å². The van der Waals surface area contributed by atoms with Crippen molar-refractivity contribution in [3.63, 3.8) is 0 Å². The van der Waals surface area contributed by atoms with Gasteiger partial charge in [0.25, 0.3) is 0 Å². The average Bonchev–Trinajstić information content (AvgIpc) is 2.28. The molecule has 5 nitrogen and oxygen atoms in total. The Kier molecular flexibility index (Phi) is 4.55. The molecule has 1 unspecified atom stereocenters. The highest BCUT2D eigenvalue weighted by Crippen LogP contribution is 2.09. The summed E-state index contributed by atoms with van der Waals surface area (Å²) in [6, 6.07) is -0.366. The number of hydrogen-bond donors (Lipinski definition) is 1. The van der Waals surface area contributed by atoms with E-state index < -0.39 is 0 Å². The van der Waals surface area contributed by atoms with Crippen LogP contribution in [0.2, 0.25) is 0 Å². The van der Waals surface area contributed by atoms with Crippen LogP contribution in [0, 0.1) is 0 Å². The van der Waals surface area contributed by atoms with E-state index >= 15 is 0 Å². The lowest BCUT2D eigenvalue weighted by Crippen LogP contribution is -2.55. The second-order valence-corrected chi connectivity index (χ2v) is 3.47. The summed E-state index contributed by atoms with van der Waals surface area (Å²) in [7, 11) is 0. The van der Waals surface area contributed by atoms with Crippen LogP contribution in [-0.2, 0) is 14.3 Å². The van der Waals surface area contributed by atoms with Gasteiger partial charge < -0.3 is 4.74 Å². The number of rotatable bonds is 3. The Hall–Kier alpha value is -1.10. The molecule has 0 saturated carbocycles. The Labute approximate surface area is 89.7 Å². The Morgan fingerprint density at radius 1 is 1.47 bits per heavy atom. The summed E-state index contributed by atoms with van der Waals surface area (Å²) in [5.74, 6) is -0.255. The summed E-state index contributed by atoms with van der Waals surface area (Å²) in [6.45, 7) is 4.62. The predicted octanol–water partition coefficient (Wildman–Crippen LogP) is 0.455. The lowest BCUT2D eigenvalue weighted by Gasteiger charge is -2.32. The minimum absolute atomic E-state index is 0.0176. The molecule has 1 N–H and O–H groups in total. The van der Waals surface area contributed by atoms with Gasteiger partial charge in [0.15, 0.2) is 0 Å². The average molecular weight is 214 g/mol. The molecule has 0 spiro atoms. The van der Waals surface area contributed by atoms with E-state index in [1.54, 1.807) is 13.8 Å². The molecule has 0 aliphatic carbocycles. The van der Waals surface area contributed by atoms with Crippen molar-refractivity contribution >= 4 is 11.9 Å². The predicted molar refractivity (Wildman–Crippen MR) is 54.8 cm³/mol. The highest BCUT2D eigenvalue weighted by atomic mass is 16.5. The molecule has 5 heteroatoms. The summed E-state index contributed by atoms with van der Waals surface area (Å²) >= 11 is 0. The molecular formula is C10H18N2O3. The molecule has 86 valence electrons. The van der Waals surface area contributed by atoms with Gasteiger partial charge in [-0.1, -0.05) is 6.92 Å². The van der Waals surface area contributed by atoms with E-state index in [0.717, 1.165) is 12.8 Å². The molecule has 1 rings (SSSR count). The van der Waals surface area contributed by atoms with Crippen LogP contribution in [0.4, 0.5) is 0 Å². The molecule has 1 aliphatic heterocycles. The Morgan fingerprint density at radius 2 is 2.20 bits per heavy atom. The first-order valence-electron chi connectivity index (χ1n) is 5.42. The summed E-state index contributed by atoms with van der Waals surface area (Å²) in [5.41, 5.74) is 2.90. The lowest BCUT2D eigenvalue weighted by atomic mass is 10.1. The van der Waals surface area contributed by atoms with Crippen LogP contribution in [0.15, 0.2) is 0 Å². The van der Waals surface area contributed by atoms with E-state index in [9.17, 15) is 9.59 Å². The van der Waals surface area contributed by atoms with Gasteiger partial charge >= 0.3 is 5.97 Å². The van der Waals surface area contributed by atoms with Crippen molar-refractivity contribution in [2.45, 2.75) is 39.2 Å². The maximum atomic E-state index is 11.4. The SMILES string of the molecule is CCOC(=O)C1CCCN(C(=O)CC)N1. The third-order valence-corrected chi connectivity index (χ3v) is 2.36. The van der Waals surface area contributed by atoms with E-state index in [1.165, 1.54) is 5.01 Å². The van der Waals surface area contributed by atoms with Crippen LogP contribution in [0.5, 0.6) is 0 Å². The molecule has 1 heterocycles. The summed E-state index contributed by atoms with van der Waals surface area (Å²) < 4.78 is 4.90. The number of amides is 1. The zero-order chi connectivity index (χ0) is 11.3. The number of ether oxygens (including phenoxy) is 1. The molecule has 1 saturated heterocycles. The number of carbonyl (C=O) groups excluding carboxylic acids is 2. The first-order valence-corrected chi connectivity index (χ1v) is 5.42. The van der Waals surface area contributed by atoms with Crippen molar-refractivity contribution in [1.82, 2.24) is 10.4 Å². The summed E-state index contributed by atoms with van der Waals surface area (Å²) in [5, 5.41) is 1.52. The standard InChI is InChI=1S/C10H18N2O3/c1-3-9(13)12-7-5-6-8(11-12)10(14)15-4-2/h8,11H,3-7H2,1-2H3. The molecule has 0 aromatic heterocycles. The Bertz CT molecular complexity index is 243. The molecule has 1 aliphatic rings. The van der Waals surface area contributed by atoms with Gasteiger partial charge in [0.1, 0.15) is 6.04 Å². The molecule has 1 amide bonds. The van der Waals surface area contributed by atoms with Crippen LogP contribution in [0.3, 0.4) is 0 Å². The fourth-order valence-corrected chi connectivity index (χ4v) is 1.57. The fourth-order valence-electron chi connectivity index (χ4n) is 1.57. The Balaban J connectivity index is 2.48. The maximum Gasteiger partial charge on any atom is 0.324 e. The number of hydrogen-bond acceptors (Lipinski definition) is 4. The van der Waals surface area contributed by atoms with Gasteiger partial charge in [0, 0.05) is 13.0 Å². The molecule has 0 bridgehead atoms. The molecule has 0 aromatic carbocycles. The van der Waals surface area contributed by atoms with E-state index in [2.05, 4.69) is 5.43 Å². The largest absolute Gasteiger partial charge is 0.465 e. The number of nitrogens with zero attached hydrogens (tertiary/aromatic N) is 1. The molecular weight excluding hydrogens is 196 g/mol. The molecule has 1 atom stereocenters. The minimum Gasteiger partial charge on any atom is -0.465 e. The normalized spacial score (nSPS) is 21.2. The molecule has 0 radical (unpaired) electrons. The van der Waals surface area contributed by atoms with E-state index in [-0.39, 0.29) is 17.9 Å². The fraction of sp³-hybridized carbons (Fsp3) is 0.800. The first kappa shape index (κ1) is 12.0. The molecule has 0 aromatic rings. The number of nitrogens with one attached hydrogen (secondary N) is 1. The van der Waals surface area contributed by atoms with Crippen LogP contribution in [0.25, 0.3) is 0 Å². The van der Waals surface area contributed by atoms with Gasteiger partial charge in [-0.2, -0.15) is 0 Å². The van der Waals surface area contributed by atoms with Gasteiger partial charge in [-0.15, -0.1) is 0 Å². The quantitative estimate of drug-likeness (QED) is 0.693. The third kappa shape index (κ3) is 3.20. The van der Waals surface area contributed by atoms with Crippen LogP contribution >= 0.6 is 0 Å². The molecule has 1 fully saturated rings. The van der Waals surface area contributed by atoms with E-state index in [0.29, 0.717) is 19.6 Å². The van der Waals surface area contributed by atoms with Gasteiger partial charge in [0.05, 0.1) is 6.61 Å². The number of hydrazine groups is 1. The van der Waals surface area contributed by atoms with Crippen LogP contribution in [0.1, 0.15) is 33.1 Å². The van der Waals surface area contributed by atoms with Crippen molar-refractivity contribution in [1.29, 1.82) is 0 Å². The van der Waals surface area contributed by atoms with Crippen molar-refractivity contribution < 1.29 is 14.3 Å². The monoisotopic (exact) mass is 214 g/mol. The van der Waals surface area contributed by atoms with Crippen molar-refractivity contribution in [3.05, 3.63) is 0 Å². The highest BCUT2D eigenvalue weighted by molar-refractivity contribution is 5.78. The summed E-state index contributed by atoms with van der Waals surface area (Å²) in [4.78, 5) is 22.8. The van der Waals surface area contributed by atoms with Gasteiger partial charge in [-0.3, -0.25) is 14.6 Å². The van der Waals surface area contributed by atoms with Crippen molar-refractivity contribution in [2.24, 2.45) is 0 Å². The van der Waals surface area contributed by atoms with Crippen LogP contribution < -0.4 is 5.43 Å².